The Morgan fingerprint density at radius 1 is 1.36 bits per heavy atom. The van der Waals surface area contributed by atoms with Gasteiger partial charge in [0.25, 0.3) is 0 Å². The second-order valence-electron chi connectivity index (χ2n) is 2.77. The number of amides is 1. The summed E-state index contributed by atoms with van der Waals surface area (Å²) in [6, 6.07) is 9.50. The molecule has 14 heavy (non-hydrogen) atoms. The van der Waals surface area contributed by atoms with Gasteiger partial charge in [0.15, 0.2) is 0 Å². The number of benzene rings is 1. The minimum Gasteiger partial charge on any atom is -0.313 e. The van der Waals surface area contributed by atoms with Crippen LogP contribution < -0.4 is 5.32 Å². The molecule has 0 aliphatic heterocycles. The standard InChI is InChI=1S/C10H7BrN2O/c11-8-5-10(12-6-14)13-9-4-2-1-3-7(8)9/h1-6H,(H,12,13,14). The molecule has 0 radical (unpaired) electrons. The topological polar surface area (TPSA) is 42.0 Å². The summed E-state index contributed by atoms with van der Waals surface area (Å²) in [5.41, 5.74) is 0.853. The number of nitrogens with one attached hydrogen (secondary N) is 1. The molecule has 1 heterocycles. The van der Waals surface area contributed by atoms with E-state index in [1.54, 1.807) is 6.07 Å². The molecule has 0 spiro atoms. The summed E-state index contributed by atoms with van der Waals surface area (Å²) in [6.07, 6.45) is 0.615. The minimum atomic E-state index is 0.547. The van der Waals surface area contributed by atoms with Crippen molar-refractivity contribution in [2.75, 3.05) is 5.32 Å². The van der Waals surface area contributed by atoms with Crippen LogP contribution in [0.4, 0.5) is 5.82 Å². The van der Waals surface area contributed by atoms with E-state index in [9.17, 15) is 4.79 Å². The van der Waals surface area contributed by atoms with E-state index in [1.807, 2.05) is 24.3 Å². The van der Waals surface area contributed by atoms with E-state index in [1.165, 1.54) is 0 Å². The van der Waals surface area contributed by atoms with Gasteiger partial charge >= 0.3 is 0 Å². The summed E-state index contributed by atoms with van der Waals surface area (Å²) < 4.78 is 0.924. The average molecular weight is 251 g/mol. The zero-order valence-corrected chi connectivity index (χ0v) is 8.78. The lowest BCUT2D eigenvalue weighted by Gasteiger charge is -2.03. The van der Waals surface area contributed by atoms with Crippen LogP contribution in [-0.2, 0) is 4.79 Å². The van der Waals surface area contributed by atoms with Crippen LogP contribution in [0.15, 0.2) is 34.8 Å². The van der Waals surface area contributed by atoms with Crippen molar-refractivity contribution in [1.29, 1.82) is 0 Å². The number of anilines is 1. The Balaban J connectivity index is 2.65. The molecular weight excluding hydrogens is 244 g/mol. The molecule has 0 saturated heterocycles. The molecule has 4 heteroatoms. The van der Waals surface area contributed by atoms with Gasteiger partial charge in [0.05, 0.1) is 5.52 Å². The number of aromatic nitrogens is 1. The van der Waals surface area contributed by atoms with Crippen molar-refractivity contribution in [1.82, 2.24) is 4.98 Å². The molecule has 0 aliphatic carbocycles. The van der Waals surface area contributed by atoms with E-state index in [-0.39, 0.29) is 0 Å². The van der Waals surface area contributed by atoms with Gasteiger partial charge in [0, 0.05) is 9.86 Å². The van der Waals surface area contributed by atoms with Crippen LogP contribution in [0.25, 0.3) is 10.9 Å². The highest BCUT2D eigenvalue weighted by molar-refractivity contribution is 9.10. The number of halogens is 1. The molecule has 0 saturated carbocycles. The Morgan fingerprint density at radius 3 is 2.93 bits per heavy atom. The van der Waals surface area contributed by atoms with Crippen LogP contribution in [0.5, 0.6) is 0 Å². The number of fused-ring (bicyclic) bond motifs is 1. The van der Waals surface area contributed by atoms with E-state index in [2.05, 4.69) is 26.2 Å². The fraction of sp³-hybridized carbons (Fsp3) is 0. The smallest absolute Gasteiger partial charge is 0.212 e. The third kappa shape index (κ3) is 1.61. The first kappa shape index (κ1) is 9.15. The molecule has 0 aliphatic rings. The fourth-order valence-corrected chi connectivity index (χ4v) is 1.82. The van der Waals surface area contributed by atoms with Crippen molar-refractivity contribution in [3.8, 4) is 0 Å². The summed E-state index contributed by atoms with van der Waals surface area (Å²) in [4.78, 5) is 14.5. The second kappa shape index (κ2) is 3.75. The predicted octanol–water partition coefficient (Wildman–Crippen LogP) is 2.57. The summed E-state index contributed by atoms with van der Waals surface area (Å²) in [5, 5.41) is 3.55. The van der Waals surface area contributed by atoms with E-state index in [4.69, 9.17) is 0 Å². The first-order valence-electron chi connectivity index (χ1n) is 4.07. The van der Waals surface area contributed by atoms with Crippen molar-refractivity contribution in [2.45, 2.75) is 0 Å². The highest BCUT2D eigenvalue weighted by atomic mass is 79.9. The zero-order chi connectivity index (χ0) is 9.97. The van der Waals surface area contributed by atoms with Crippen LogP contribution in [0.3, 0.4) is 0 Å². The van der Waals surface area contributed by atoms with Crippen LogP contribution in [0, 0.1) is 0 Å². The first-order chi connectivity index (χ1) is 6.81. The van der Waals surface area contributed by atoms with Crippen molar-refractivity contribution in [3.05, 3.63) is 34.8 Å². The van der Waals surface area contributed by atoms with Gasteiger partial charge in [-0.3, -0.25) is 4.79 Å². The van der Waals surface area contributed by atoms with Crippen LogP contribution in [0.2, 0.25) is 0 Å². The summed E-state index contributed by atoms with van der Waals surface area (Å²) in [6.45, 7) is 0. The molecular formula is C10H7BrN2O. The number of hydrogen-bond acceptors (Lipinski definition) is 2. The Hall–Kier alpha value is -1.42. The van der Waals surface area contributed by atoms with Crippen molar-refractivity contribution >= 4 is 39.1 Å². The van der Waals surface area contributed by atoms with Gasteiger partial charge in [-0.2, -0.15) is 0 Å². The number of nitrogens with zero attached hydrogens (tertiary/aromatic N) is 1. The molecule has 0 unspecified atom stereocenters. The van der Waals surface area contributed by atoms with Crippen molar-refractivity contribution in [3.63, 3.8) is 0 Å². The molecule has 0 atom stereocenters. The number of pyridine rings is 1. The molecule has 1 aromatic heterocycles. The Kier molecular flexibility index (Phi) is 2.45. The Morgan fingerprint density at radius 2 is 2.14 bits per heavy atom. The van der Waals surface area contributed by atoms with Gasteiger partial charge < -0.3 is 5.32 Å². The highest BCUT2D eigenvalue weighted by Gasteiger charge is 2.01. The number of rotatable bonds is 2. The maximum Gasteiger partial charge on any atom is 0.212 e. The van der Waals surface area contributed by atoms with Gasteiger partial charge in [-0.05, 0) is 28.1 Å². The fourth-order valence-electron chi connectivity index (χ4n) is 1.27. The van der Waals surface area contributed by atoms with Crippen molar-refractivity contribution < 1.29 is 4.79 Å². The van der Waals surface area contributed by atoms with Gasteiger partial charge in [-0.1, -0.05) is 18.2 Å². The monoisotopic (exact) mass is 250 g/mol. The number of para-hydroxylation sites is 1. The lowest BCUT2D eigenvalue weighted by atomic mass is 10.2. The summed E-state index contributed by atoms with van der Waals surface area (Å²) >= 11 is 3.42. The Bertz CT molecular complexity index is 485. The SMILES string of the molecule is O=CNc1cc(Br)c2ccccc2n1. The van der Waals surface area contributed by atoms with Crippen LogP contribution in [0.1, 0.15) is 0 Å². The van der Waals surface area contributed by atoms with E-state index in [0.717, 1.165) is 15.4 Å². The van der Waals surface area contributed by atoms with Crippen LogP contribution >= 0.6 is 15.9 Å². The molecule has 2 rings (SSSR count). The minimum absolute atomic E-state index is 0.547. The zero-order valence-electron chi connectivity index (χ0n) is 7.20. The molecule has 0 fully saturated rings. The number of hydrogen-bond donors (Lipinski definition) is 1. The van der Waals surface area contributed by atoms with Crippen LogP contribution in [-0.4, -0.2) is 11.4 Å². The summed E-state index contributed by atoms with van der Waals surface area (Å²) in [5.74, 6) is 0.547. The van der Waals surface area contributed by atoms with Gasteiger partial charge in [-0.15, -0.1) is 0 Å². The molecule has 1 aromatic carbocycles. The third-order valence-corrected chi connectivity index (χ3v) is 2.53. The van der Waals surface area contributed by atoms with Gasteiger partial charge in [0.2, 0.25) is 6.41 Å². The highest BCUT2D eigenvalue weighted by Crippen LogP contribution is 2.24. The molecule has 2 aromatic rings. The Labute approximate surface area is 89.3 Å². The first-order valence-corrected chi connectivity index (χ1v) is 4.86. The second-order valence-corrected chi connectivity index (χ2v) is 3.62. The predicted molar refractivity (Wildman–Crippen MR) is 59.1 cm³/mol. The average Bonchev–Trinajstić information content (AvgIpc) is 2.18. The summed E-state index contributed by atoms with van der Waals surface area (Å²) in [7, 11) is 0. The largest absolute Gasteiger partial charge is 0.313 e. The maximum atomic E-state index is 10.3. The molecule has 70 valence electrons. The van der Waals surface area contributed by atoms with E-state index in [0.29, 0.717) is 12.2 Å². The van der Waals surface area contributed by atoms with E-state index >= 15 is 0 Å². The van der Waals surface area contributed by atoms with Gasteiger partial charge in [0.1, 0.15) is 5.82 Å². The maximum absolute atomic E-state index is 10.3. The number of carbonyl (C=O) groups excluding carboxylic acids is 1. The quantitative estimate of drug-likeness (QED) is 0.833. The molecule has 1 amide bonds. The lowest BCUT2D eigenvalue weighted by Crippen LogP contribution is -1.96. The lowest BCUT2D eigenvalue weighted by molar-refractivity contribution is -0.105. The normalized spacial score (nSPS) is 10.1. The van der Waals surface area contributed by atoms with E-state index < -0.39 is 0 Å². The molecule has 3 nitrogen and oxygen atoms in total. The molecule has 0 bridgehead atoms. The molecule has 1 N–H and O–H groups in total. The van der Waals surface area contributed by atoms with Crippen molar-refractivity contribution in [2.24, 2.45) is 0 Å². The third-order valence-electron chi connectivity index (χ3n) is 1.87. The number of carbonyl (C=O) groups is 1. The van der Waals surface area contributed by atoms with Gasteiger partial charge in [-0.25, -0.2) is 4.98 Å².